The van der Waals surface area contributed by atoms with Gasteiger partial charge in [0, 0.05) is 12.8 Å². The molecule has 50 heavy (non-hydrogen) atoms. The van der Waals surface area contributed by atoms with Crippen LogP contribution >= 0.6 is 7.82 Å². The molecule has 0 rings (SSSR count). The molecule has 0 aromatic heterocycles. The minimum Gasteiger partial charge on any atom is -0.480 e. The van der Waals surface area contributed by atoms with Gasteiger partial charge in [-0.15, -0.1) is 0 Å². The molecular formula is C38H72NO10P. The van der Waals surface area contributed by atoms with Gasteiger partial charge in [0.05, 0.1) is 13.2 Å². The van der Waals surface area contributed by atoms with Crippen LogP contribution in [-0.2, 0) is 37.5 Å². The first-order valence-electron chi connectivity index (χ1n) is 19.7. The van der Waals surface area contributed by atoms with E-state index in [4.69, 9.17) is 24.8 Å². The van der Waals surface area contributed by atoms with Crippen LogP contribution < -0.4 is 5.73 Å². The van der Waals surface area contributed by atoms with Crippen LogP contribution in [0, 0.1) is 0 Å². The Balaban J connectivity index is 4.38. The molecule has 3 atom stereocenters. The molecule has 0 bridgehead atoms. The number of phosphoric ester groups is 1. The van der Waals surface area contributed by atoms with Gasteiger partial charge in [0.25, 0.3) is 0 Å². The molecule has 0 radical (unpaired) electrons. The third-order valence-electron chi connectivity index (χ3n) is 8.51. The lowest BCUT2D eigenvalue weighted by Crippen LogP contribution is -2.34. The first-order chi connectivity index (χ1) is 24.1. The second-order valence-corrected chi connectivity index (χ2v) is 14.9. The van der Waals surface area contributed by atoms with Crippen molar-refractivity contribution in [2.75, 3.05) is 19.8 Å². The summed E-state index contributed by atoms with van der Waals surface area (Å²) in [6.45, 7) is 2.75. The van der Waals surface area contributed by atoms with Crippen molar-refractivity contribution in [3.63, 3.8) is 0 Å². The number of hydrogen-bond donors (Lipinski definition) is 3. The number of unbranched alkanes of at least 4 members (excludes halogenated alkanes) is 21. The molecule has 1 unspecified atom stereocenters. The van der Waals surface area contributed by atoms with E-state index in [2.05, 4.69) is 30.5 Å². The average Bonchev–Trinajstić information content (AvgIpc) is 3.09. The van der Waals surface area contributed by atoms with Crippen molar-refractivity contribution in [3.8, 4) is 0 Å². The Kier molecular flexibility index (Phi) is 33.1. The van der Waals surface area contributed by atoms with Crippen molar-refractivity contribution >= 4 is 25.7 Å². The van der Waals surface area contributed by atoms with Gasteiger partial charge in [-0.3, -0.25) is 23.4 Å². The molecule has 0 aliphatic carbocycles. The molecule has 11 nitrogen and oxygen atoms in total. The predicted molar refractivity (Wildman–Crippen MR) is 199 cm³/mol. The van der Waals surface area contributed by atoms with E-state index in [0.29, 0.717) is 12.8 Å². The minimum absolute atomic E-state index is 0.154. The first-order valence-corrected chi connectivity index (χ1v) is 21.2. The van der Waals surface area contributed by atoms with E-state index in [-0.39, 0.29) is 19.4 Å². The number of ether oxygens (including phenoxy) is 2. The normalized spacial score (nSPS) is 14.0. The molecule has 294 valence electrons. The highest BCUT2D eigenvalue weighted by Gasteiger charge is 2.28. The number of carbonyl (C=O) groups excluding carboxylic acids is 2. The molecule has 4 N–H and O–H groups in total. The highest BCUT2D eigenvalue weighted by Crippen LogP contribution is 2.43. The van der Waals surface area contributed by atoms with Crippen LogP contribution in [0.5, 0.6) is 0 Å². The minimum atomic E-state index is -4.71. The average molecular weight is 734 g/mol. The third-order valence-corrected chi connectivity index (χ3v) is 9.46. The monoisotopic (exact) mass is 733 g/mol. The number of phosphoric acid groups is 1. The largest absolute Gasteiger partial charge is 0.480 e. The van der Waals surface area contributed by atoms with Crippen LogP contribution in [0.3, 0.4) is 0 Å². The second-order valence-electron chi connectivity index (χ2n) is 13.4. The molecule has 0 aromatic carbocycles. The number of esters is 2. The number of nitrogens with two attached hydrogens (primary N) is 1. The SMILES string of the molecule is CCCC/C=C\CCCCCCCC(=O)O[C@H](COC(=O)CCCCCCCCCCCCCCCCC)COP(=O)(O)OC[C@H](N)C(=O)O. The lowest BCUT2D eigenvalue weighted by Gasteiger charge is -2.20. The van der Waals surface area contributed by atoms with Crippen molar-refractivity contribution in [2.45, 2.75) is 193 Å². The quantitative estimate of drug-likeness (QED) is 0.0240. The zero-order chi connectivity index (χ0) is 37.1. The molecule has 0 fully saturated rings. The molecular weight excluding hydrogens is 661 g/mol. The maximum absolute atomic E-state index is 12.5. The Morgan fingerprint density at radius 1 is 0.600 bits per heavy atom. The highest BCUT2D eigenvalue weighted by atomic mass is 31.2. The summed E-state index contributed by atoms with van der Waals surface area (Å²) >= 11 is 0. The van der Waals surface area contributed by atoms with Crippen molar-refractivity contribution in [2.24, 2.45) is 5.73 Å². The number of carboxylic acids is 1. The maximum atomic E-state index is 12.5. The van der Waals surface area contributed by atoms with Gasteiger partial charge in [-0.25, -0.2) is 4.57 Å². The van der Waals surface area contributed by atoms with Crippen LogP contribution in [-0.4, -0.2) is 59.9 Å². The fourth-order valence-electron chi connectivity index (χ4n) is 5.34. The van der Waals surface area contributed by atoms with Gasteiger partial charge in [-0.2, -0.15) is 0 Å². The molecule has 0 saturated heterocycles. The summed E-state index contributed by atoms with van der Waals surface area (Å²) in [7, 11) is -4.71. The number of rotatable bonds is 37. The molecule has 12 heteroatoms. The third kappa shape index (κ3) is 33.4. The zero-order valence-corrected chi connectivity index (χ0v) is 32.4. The fourth-order valence-corrected chi connectivity index (χ4v) is 6.12. The number of aliphatic carboxylic acids is 1. The lowest BCUT2D eigenvalue weighted by atomic mass is 10.0. The summed E-state index contributed by atoms with van der Waals surface area (Å²) < 4.78 is 32.5. The standard InChI is InChI=1S/C38H72NO10P/c1-3-5-7-9-11-13-15-16-17-18-20-21-23-25-27-29-36(40)46-31-34(32-47-50(44,45)48-33-35(39)38(42)43)49-37(41)30-28-26-24-22-19-14-12-10-8-6-4-2/h10,12,34-35H,3-9,11,13-33,39H2,1-2H3,(H,42,43)(H,44,45)/b12-10-/t34-,35+/m1/s1. The van der Waals surface area contributed by atoms with Crippen LogP contribution in [0.15, 0.2) is 12.2 Å². The Labute approximate surface area is 303 Å². The molecule has 0 amide bonds. The van der Waals surface area contributed by atoms with E-state index in [1.165, 1.54) is 83.5 Å². The van der Waals surface area contributed by atoms with Crippen molar-refractivity contribution in [3.05, 3.63) is 12.2 Å². The summed E-state index contributed by atoms with van der Waals surface area (Å²) in [6, 6.07) is -1.52. The Morgan fingerprint density at radius 3 is 1.52 bits per heavy atom. The van der Waals surface area contributed by atoms with E-state index in [1.54, 1.807) is 0 Å². The van der Waals surface area contributed by atoms with Crippen LogP contribution in [0.1, 0.15) is 181 Å². The first kappa shape index (κ1) is 48.2. The number of allylic oxidation sites excluding steroid dienone is 2. The second kappa shape index (κ2) is 34.3. The summed E-state index contributed by atoms with van der Waals surface area (Å²) in [5, 5.41) is 8.85. The zero-order valence-electron chi connectivity index (χ0n) is 31.5. The van der Waals surface area contributed by atoms with Crippen molar-refractivity contribution < 1.29 is 47.5 Å². The Morgan fingerprint density at radius 2 is 1.02 bits per heavy atom. The van der Waals surface area contributed by atoms with Gasteiger partial charge in [0.2, 0.25) is 0 Å². The highest BCUT2D eigenvalue weighted by molar-refractivity contribution is 7.47. The smallest absolute Gasteiger partial charge is 0.472 e. The van der Waals surface area contributed by atoms with Crippen molar-refractivity contribution in [1.29, 1.82) is 0 Å². The summed E-state index contributed by atoms with van der Waals surface area (Å²) in [6.07, 6.45) is 31.4. The van der Waals surface area contributed by atoms with Gasteiger partial charge in [0.15, 0.2) is 6.10 Å². The van der Waals surface area contributed by atoms with E-state index in [1.807, 2.05) is 0 Å². The van der Waals surface area contributed by atoms with Gasteiger partial charge < -0.3 is 25.2 Å². The van der Waals surface area contributed by atoms with Crippen LogP contribution in [0.25, 0.3) is 0 Å². The van der Waals surface area contributed by atoms with E-state index < -0.39 is 51.1 Å². The Hall–Kier alpha value is -1.78. The van der Waals surface area contributed by atoms with Gasteiger partial charge in [-0.1, -0.05) is 148 Å². The summed E-state index contributed by atoms with van der Waals surface area (Å²) in [4.78, 5) is 45.7. The summed E-state index contributed by atoms with van der Waals surface area (Å²) in [5.74, 6) is -2.38. The molecule has 0 aromatic rings. The van der Waals surface area contributed by atoms with E-state index in [0.717, 1.165) is 57.8 Å². The number of carbonyl (C=O) groups is 3. The molecule has 0 saturated carbocycles. The maximum Gasteiger partial charge on any atom is 0.472 e. The van der Waals surface area contributed by atoms with Gasteiger partial charge >= 0.3 is 25.7 Å². The van der Waals surface area contributed by atoms with Crippen molar-refractivity contribution in [1.82, 2.24) is 0 Å². The molecule has 0 aliphatic heterocycles. The lowest BCUT2D eigenvalue weighted by molar-refractivity contribution is -0.161. The van der Waals surface area contributed by atoms with Gasteiger partial charge in [-0.05, 0) is 32.1 Å². The fraction of sp³-hybridized carbons (Fsp3) is 0.868. The van der Waals surface area contributed by atoms with E-state index in [9.17, 15) is 23.8 Å². The number of carboxylic acid groups (broad SMARTS) is 1. The van der Waals surface area contributed by atoms with Crippen LogP contribution in [0.2, 0.25) is 0 Å². The van der Waals surface area contributed by atoms with Crippen LogP contribution in [0.4, 0.5) is 0 Å². The van der Waals surface area contributed by atoms with E-state index >= 15 is 0 Å². The molecule has 0 aliphatic rings. The number of hydrogen-bond acceptors (Lipinski definition) is 9. The van der Waals surface area contributed by atoms with Gasteiger partial charge in [0.1, 0.15) is 12.6 Å². The summed E-state index contributed by atoms with van der Waals surface area (Å²) in [5.41, 5.74) is 5.31. The Bertz CT molecular complexity index is 916. The predicted octanol–water partition coefficient (Wildman–Crippen LogP) is 9.73. The molecule has 0 spiro atoms. The topological polar surface area (TPSA) is 172 Å². The molecule has 0 heterocycles.